The number of rotatable bonds is 1. The molecule has 0 saturated carbocycles. The van der Waals surface area contributed by atoms with Crippen molar-refractivity contribution in [3.05, 3.63) is 52.5 Å². The first-order chi connectivity index (χ1) is 9.54. The van der Waals surface area contributed by atoms with E-state index in [1.54, 1.807) is 18.2 Å². The molecular weight excluding hydrogens is 328 g/mol. The van der Waals surface area contributed by atoms with Crippen molar-refractivity contribution in [1.82, 2.24) is 9.97 Å². The van der Waals surface area contributed by atoms with Gasteiger partial charge in [-0.05, 0) is 30.3 Å². The Balaban J connectivity index is 2.24. The molecule has 0 saturated heterocycles. The monoisotopic (exact) mass is 335 g/mol. The molecule has 1 heterocycles. The van der Waals surface area contributed by atoms with Crippen LogP contribution in [0.25, 0.3) is 22.3 Å². The summed E-state index contributed by atoms with van der Waals surface area (Å²) in [5, 5.41) is 0.672. The number of nitrogens with zero attached hydrogens (tertiary/aromatic N) is 2. The third kappa shape index (κ3) is 2.22. The van der Waals surface area contributed by atoms with E-state index in [1.807, 2.05) is 0 Å². The van der Waals surface area contributed by atoms with Gasteiger partial charge in [0.25, 0.3) is 0 Å². The van der Waals surface area contributed by atoms with E-state index < -0.39 is 11.6 Å². The van der Waals surface area contributed by atoms with Gasteiger partial charge in [0.2, 0.25) is 0 Å². The van der Waals surface area contributed by atoms with Crippen LogP contribution in [-0.4, -0.2) is 9.97 Å². The molecule has 0 aliphatic carbocycles. The van der Waals surface area contributed by atoms with Crippen LogP contribution in [0.5, 0.6) is 0 Å². The highest BCUT2D eigenvalue weighted by molar-refractivity contribution is 9.10. The zero-order valence-electron chi connectivity index (χ0n) is 10.1. The van der Waals surface area contributed by atoms with Gasteiger partial charge in [-0.15, -0.1) is 0 Å². The Morgan fingerprint density at radius 1 is 1.00 bits per heavy atom. The molecule has 20 heavy (non-hydrogen) atoms. The lowest BCUT2D eigenvalue weighted by molar-refractivity contribution is 0.585. The number of aromatic nitrogens is 2. The molecule has 0 amide bonds. The Kier molecular flexibility index (Phi) is 3.10. The van der Waals surface area contributed by atoms with Crippen LogP contribution in [0.4, 0.5) is 14.6 Å². The van der Waals surface area contributed by atoms with E-state index in [-0.39, 0.29) is 17.2 Å². The second-order valence-corrected chi connectivity index (χ2v) is 5.13. The van der Waals surface area contributed by atoms with Gasteiger partial charge in [0.05, 0.1) is 11.1 Å². The number of hydrogen-bond acceptors (Lipinski definition) is 3. The minimum Gasteiger partial charge on any atom is -0.383 e. The first-order valence-corrected chi connectivity index (χ1v) is 6.52. The summed E-state index contributed by atoms with van der Waals surface area (Å²) in [6.45, 7) is 0. The summed E-state index contributed by atoms with van der Waals surface area (Å²) in [5.41, 5.74) is 6.59. The summed E-state index contributed by atoms with van der Waals surface area (Å²) in [6, 6.07) is 8.59. The van der Waals surface area contributed by atoms with Gasteiger partial charge in [-0.3, -0.25) is 0 Å². The van der Waals surface area contributed by atoms with Crippen molar-refractivity contribution >= 4 is 32.7 Å². The summed E-state index contributed by atoms with van der Waals surface area (Å²) < 4.78 is 27.5. The summed E-state index contributed by atoms with van der Waals surface area (Å²) in [5.74, 6) is -0.991. The van der Waals surface area contributed by atoms with Gasteiger partial charge >= 0.3 is 0 Å². The van der Waals surface area contributed by atoms with Gasteiger partial charge < -0.3 is 5.73 Å². The average molecular weight is 336 g/mol. The second-order valence-electron chi connectivity index (χ2n) is 4.22. The Morgan fingerprint density at radius 3 is 2.55 bits per heavy atom. The molecule has 0 bridgehead atoms. The van der Waals surface area contributed by atoms with Crippen LogP contribution in [0.2, 0.25) is 0 Å². The van der Waals surface area contributed by atoms with Gasteiger partial charge in [-0.25, -0.2) is 18.7 Å². The number of nitrogens with two attached hydrogens (primary N) is 1. The molecule has 6 heteroatoms. The van der Waals surface area contributed by atoms with Crippen LogP contribution in [0.15, 0.2) is 40.9 Å². The van der Waals surface area contributed by atoms with Crippen LogP contribution in [0.3, 0.4) is 0 Å². The van der Waals surface area contributed by atoms with E-state index in [2.05, 4.69) is 25.9 Å². The predicted molar refractivity (Wildman–Crippen MR) is 77.0 cm³/mol. The summed E-state index contributed by atoms with van der Waals surface area (Å²) in [7, 11) is 0. The van der Waals surface area contributed by atoms with Gasteiger partial charge in [0.1, 0.15) is 17.5 Å². The fourth-order valence-corrected chi connectivity index (χ4v) is 2.28. The van der Waals surface area contributed by atoms with E-state index in [4.69, 9.17) is 5.73 Å². The molecule has 0 aliphatic rings. The minimum atomic E-state index is -0.721. The topological polar surface area (TPSA) is 51.8 Å². The van der Waals surface area contributed by atoms with Crippen molar-refractivity contribution in [2.45, 2.75) is 0 Å². The van der Waals surface area contributed by atoms with E-state index in [0.29, 0.717) is 10.9 Å². The van der Waals surface area contributed by atoms with E-state index in [1.165, 1.54) is 6.07 Å². The number of halogens is 3. The third-order valence-corrected chi connectivity index (χ3v) is 3.35. The molecular formula is C14H8BrF2N3. The zero-order valence-corrected chi connectivity index (χ0v) is 11.7. The molecule has 0 radical (unpaired) electrons. The number of anilines is 1. The molecule has 0 fully saturated rings. The van der Waals surface area contributed by atoms with Crippen molar-refractivity contribution in [3.8, 4) is 11.4 Å². The molecule has 2 N–H and O–H groups in total. The maximum absolute atomic E-state index is 13.8. The van der Waals surface area contributed by atoms with Gasteiger partial charge in [0.15, 0.2) is 5.82 Å². The Labute approximate surface area is 121 Å². The van der Waals surface area contributed by atoms with E-state index in [0.717, 1.165) is 16.6 Å². The lowest BCUT2D eigenvalue weighted by Gasteiger charge is -2.07. The molecule has 0 spiro atoms. The molecule has 0 atom stereocenters. The van der Waals surface area contributed by atoms with Crippen molar-refractivity contribution in [1.29, 1.82) is 0 Å². The first-order valence-electron chi connectivity index (χ1n) is 5.73. The summed E-state index contributed by atoms with van der Waals surface area (Å²) in [4.78, 5) is 8.35. The molecule has 1 aromatic heterocycles. The standard InChI is InChI=1S/C14H8BrF2N3/c15-7-1-4-12-10(5-7)13(18)20-14(19-12)9-3-2-8(16)6-11(9)17/h1-6H,(H2,18,19,20). The largest absolute Gasteiger partial charge is 0.383 e. The fourth-order valence-electron chi connectivity index (χ4n) is 1.92. The molecule has 0 aliphatic heterocycles. The molecule has 0 unspecified atom stereocenters. The van der Waals surface area contributed by atoms with E-state index >= 15 is 0 Å². The fraction of sp³-hybridized carbons (Fsp3) is 0. The van der Waals surface area contributed by atoms with Crippen LogP contribution >= 0.6 is 15.9 Å². The number of fused-ring (bicyclic) bond motifs is 1. The SMILES string of the molecule is Nc1nc(-c2ccc(F)cc2F)nc2ccc(Br)cc12. The zero-order chi connectivity index (χ0) is 14.3. The lowest BCUT2D eigenvalue weighted by Crippen LogP contribution is -1.99. The Hall–Kier alpha value is -2.08. The quantitative estimate of drug-likeness (QED) is 0.733. The maximum atomic E-state index is 13.8. The van der Waals surface area contributed by atoms with Crippen LogP contribution < -0.4 is 5.73 Å². The Morgan fingerprint density at radius 2 is 1.80 bits per heavy atom. The molecule has 3 nitrogen and oxygen atoms in total. The van der Waals surface area contributed by atoms with E-state index in [9.17, 15) is 8.78 Å². The van der Waals surface area contributed by atoms with Gasteiger partial charge in [0, 0.05) is 15.9 Å². The van der Waals surface area contributed by atoms with Crippen molar-refractivity contribution in [2.75, 3.05) is 5.73 Å². The van der Waals surface area contributed by atoms with Gasteiger partial charge in [-0.1, -0.05) is 15.9 Å². The van der Waals surface area contributed by atoms with Gasteiger partial charge in [-0.2, -0.15) is 0 Å². The summed E-state index contributed by atoms with van der Waals surface area (Å²) >= 11 is 3.34. The highest BCUT2D eigenvalue weighted by Gasteiger charge is 2.12. The minimum absolute atomic E-state index is 0.114. The maximum Gasteiger partial charge on any atom is 0.165 e. The van der Waals surface area contributed by atoms with Crippen molar-refractivity contribution in [2.24, 2.45) is 0 Å². The first kappa shape index (κ1) is 12.9. The molecule has 2 aromatic carbocycles. The molecule has 100 valence electrons. The van der Waals surface area contributed by atoms with Crippen LogP contribution in [0.1, 0.15) is 0 Å². The van der Waals surface area contributed by atoms with Crippen LogP contribution in [-0.2, 0) is 0 Å². The predicted octanol–water partition coefficient (Wildman–Crippen LogP) is 3.92. The highest BCUT2D eigenvalue weighted by atomic mass is 79.9. The second kappa shape index (κ2) is 4.79. The third-order valence-electron chi connectivity index (χ3n) is 2.86. The lowest BCUT2D eigenvalue weighted by atomic mass is 10.1. The Bertz CT molecular complexity index is 821. The summed E-state index contributed by atoms with van der Waals surface area (Å²) in [6.07, 6.45) is 0. The molecule has 3 rings (SSSR count). The average Bonchev–Trinajstić information content (AvgIpc) is 2.39. The van der Waals surface area contributed by atoms with Crippen molar-refractivity contribution < 1.29 is 8.78 Å². The number of benzene rings is 2. The van der Waals surface area contributed by atoms with Crippen LogP contribution in [0, 0.1) is 11.6 Å². The smallest absolute Gasteiger partial charge is 0.165 e. The number of hydrogen-bond donors (Lipinski definition) is 1. The molecule has 3 aromatic rings. The van der Waals surface area contributed by atoms with Crippen molar-refractivity contribution in [3.63, 3.8) is 0 Å². The number of nitrogen functional groups attached to an aromatic ring is 1. The highest BCUT2D eigenvalue weighted by Crippen LogP contribution is 2.27. The normalized spacial score (nSPS) is 10.9.